The Morgan fingerprint density at radius 2 is 2.12 bits per heavy atom. The van der Waals surface area contributed by atoms with Crippen LogP contribution in [0.5, 0.6) is 0 Å². The van der Waals surface area contributed by atoms with Crippen LogP contribution in [0.25, 0.3) is 0 Å². The molecule has 2 heteroatoms. The zero-order chi connectivity index (χ0) is 11.2. The fraction of sp³-hybridized carbons (Fsp3) is 0.429. The number of benzene rings is 1. The van der Waals surface area contributed by atoms with E-state index in [9.17, 15) is 0 Å². The van der Waals surface area contributed by atoms with Crippen LogP contribution in [0.4, 0.5) is 0 Å². The molecule has 2 rings (SSSR count). The first-order valence-corrected chi connectivity index (χ1v) is 6.77. The van der Waals surface area contributed by atoms with Crippen molar-refractivity contribution in [1.29, 1.82) is 0 Å². The highest BCUT2D eigenvalue weighted by molar-refractivity contribution is 9.10. The van der Waals surface area contributed by atoms with E-state index in [1.54, 1.807) is 5.57 Å². The van der Waals surface area contributed by atoms with Gasteiger partial charge in [-0.3, -0.25) is 0 Å². The molecule has 0 saturated heterocycles. The second-order valence-electron chi connectivity index (χ2n) is 4.27. The fourth-order valence-corrected chi connectivity index (χ4v) is 2.50. The molecule has 86 valence electrons. The second kappa shape index (κ2) is 6.21. The van der Waals surface area contributed by atoms with Crippen molar-refractivity contribution in [3.8, 4) is 0 Å². The highest BCUT2D eigenvalue weighted by atomic mass is 79.9. The van der Waals surface area contributed by atoms with Crippen LogP contribution in [0, 0.1) is 0 Å². The third kappa shape index (κ3) is 3.46. The van der Waals surface area contributed by atoms with Gasteiger partial charge in [-0.05, 0) is 43.9 Å². The summed E-state index contributed by atoms with van der Waals surface area (Å²) in [5, 5.41) is 3.50. The van der Waals surface area contributed by atoms with Gasteiger partial charge in [0.25, 0.3) is 0 Å². The molecule has 16 heavy (non-hydrogen) atoms. The molecule has 1 aliphatic rings. The molecule has 0 unspecified atom stereocenters. The third-order valence-electron chi connectivity index (χ3n) is 3.03. The maximum absolute atomic E-state index is 3.56. The molecule has 0 spiro atoms. The largest absolute Gasteiger partial charge is 0.312 e. The summed E-state index contributed by atoms with van der Waals surface area (Å²) >= 11 is 3.56. The summed E-state index contributed by atoms with van der Waals surface area (Å²) in [6.07, 6.45) is 7.58. The number of halogens is 1. The summed E-state index contributed by atoms with van der Waals surface area (Å²) in [4.78, 5) is 0. The van der Waals surface area contributed by atoms with Crippen molar-refractivity contribution in [3.63, 3.8) is 0 Å². The lowest BCUT2D eigenvalue weighted by atomic mass is 10.1. The number of hydrogen-bond acceptors (Lipinski definition) is 1. The van der Waals surface area contributed by atoms with Gasteiger partial charge in [-0.15, -0.1) is 0 Å². The van der Waals surface area contributed by atoms with Gasteiger partial charge in [-0.1, -0.05) is 45.8 Å². The van der Waals surface area contributed by atoms with Crippen LogP contribution in [0.15, 0.2) is 40.4 Å². The Bertz CT molecular complexity index is 371. The first-order valence-electron chi connectivity index (χ1n) is 5.98. The Kier molecular flexibility index (Phi) is 4.61. The lowest BCUT2D eigenvalue weighted by molar-refractivity contribution is 0.674. The number of rotatable bonds is 5. The maximum atomic E-state index is 3.56. The molecule has 0 atom stereocenters. The Hall–Kier alpha value is -0.600. The normalized spacial score (nSPS) is 15.2. The standard InChI is InChI=1S/C14H18BrN/c15-14-8-4-3-7-13(14)11-16-10-9-12-5-1-2-6-12/h3-5,7-8,16H,1-2,6,9-11H2. The second-order valence-corrected chi connectivity index (χ2v) is 5.13. The van der Waals surface area contributed by atoms with Gasteiger partial charge in [0.05, 0.1) is 0 Å². The lowest BCUT2D eigenvalue weighted by Gasteiger charge is -2.07. The Morgan fingerprint density at radius 3 is 2.88 bits per heavy atom. The molecule has 0 radical (unpaired) electrons. The van der Waals surface area contributed by atoms with Crippen LogP contribution in [0.1, 0.15) is 31.2 Å². The molecule has 0 aliphatic heterocycles. The minimum absolute atomic E-state index is 0.953. The van der Waals surface area contributed by atoms with Gasteiger partial charge in [0.1, 0.15) is 0 Å². The molecule has 0 bridgehead atoms. The van der Waals surface area contributed by atoms with Crippen LogP contribution in [-0.4, -0.2) is 6.54 Å². The average Bonchev–Trinajstić information content (AvgIpc) is 2.79. The maximum Gasteiger partial charge on any atom is 0.0220 e. The average molecular weight is 280 g/mol. The Labute approximate surface area is 106 Å². The third-order valence-corrected chi connectivity index (χ3v) is 3.80. The topological polar surface area (TPSA) is 12.0 Å². The van der Waals surface area contributed by atoms with E-state index in [4.69, 9.17) is 0 Å². The molecule has 0 aromatic heterocycles. The van der Waals surface area contributed by atoms with E-state index < -0.39 is 0 Å². The van der Waals surface area contributed by atoms with E-state index in [0.717, 1.165) is 13.1 Å². The van der Waals surface area contributed by atoms with E-state index in [2.05, 4.69) is 51.6 Å². The zero-order valence-electron chi connectivity index (χ0n) is 9.51. The summed E-state index contributed by atoms with van der Waals surface area (Å²) in [5.41, 5.74) is 2.97. The van der Waals surface area contributed by atoms with E-state index in [0.29, 0.717) is 0 Å². The predicted molar refractivity (Wildman–Crippen MR) is 72.4 cm³/mol. The molecule has 1 aromatic carbocycles. The van der Waals surface area contributed by atoms with Gasteiger partial charge in [-0.2, -0.15) is 0 Å². The van der Waals surface area contributed by atoms with Crippen molar-refractivity contribution in [2.24, 2.45) is 0 Å². The van der Waals surface area contributed by atoms with E-state index in [1.165, 1.54) is 35.7 Å². The van der Waals surface area contributed by atoms with Gasteiger partial charge in [0.15, 0.2) is 0 Å². The van der Waals surface area contributed by atoms with Gasteiger partial charge < -0.3 is 5.32 Å². The summed E-state index contributed by atoms with van der Waals surface area (Å²) in [7, 11) is 0. The minimum atomic E-state index is 0.953. The smallest absolute Gasteiger partial charge is 0.0220 e. The minimum Gasteiger partial charge on any atom is -0.312 e. The molecular weight excluding hydrogens is 262 g/mol. The van der Waals surface area contributed by atoms with Gasteiger partial charge in [0, 0.05) is 11.0 Å². The molecule has 1 aliphatic carbocycles. The van der Waals surface area contributed by atoms with E-state index in [1.807, 2.05) is 0 Å². The SMILES string of the molecule is Brc1ccccc1CNCCC1=CCCC1. The van der Waals surface area contributed by atoms with Crippen molar-refractivity contribution in [2.75, 3.05) is 6.54 Å². The molecule has 0 saturated carbocycles. The highest BCUT2D eigenvalue weighted by Gasteiger charge is 2.03. The van der Waals surface area contributed by atoms with Crippen molar-refractivity contribution in [2.45, 2.75) is 32.2 Å². The Balaban J connectivity index is 1.70. The summed E-state index contributed by atoms with van der Waals surface area (Å²) in [6.45, 7) is 2.04. The van der Waals surface area contributed by atoms with Crippen LogP contribution >= 0.6 is 15.9 Å². The van der Waals surface area contributed by atoms with Crippen LogP contribution in [-0.2, 0) is 6.54 Å². The number of hydrogen-bond donors (Lipinski definition) is 1. The summed E-state index contributed by atoms with van der Waals surface area (Å²) in [6, 6.07) is 8.39. The van der Waals surface area contributed by atoms with Crippen LogP contribution in [0.2, 0.25) is 0 Å². The molecule has 1 nitrogen and oxygen atoms in total. The van der Waals surface area contributed by atoms with Gasteiger partial charge in [0.2, 0.25) is 0 Å². The quantitative estimate of drug-likeness (QED) is 0.634. The molecule has 1 aromatic rings. The zero-order valence-corrected chi connectivity index (χ0v) is 11.1. The first-order chi connectivity index (χ1) is 7.86. The monoisotopic (exact) mass is 279 g/mol. The fourth-order valence-electron chi connectivity index (χ4n) is 2.08. The van der Waals surface area contributed by atoms with Crippen molar-refractivity contribution >= 4 is 15.9 Å². The van der Waals surface area contributed by atoms with Crippen molar-refractivity contribution < 1.29 is 0 Å². The lowest BCUT2D eigenvalue weighted by Crippen LogP contribution is -2.15. The molecule has 1 N–H and O–H groups in total. The first kappa shape index (κ1) is 11.9. The molecule has 0 amide bonds. The van der Waals surface area contributed by atoms with Crippen LogP contribution in [0.3, 0.4) is 0 Å². The highest BCUT2D eigenvalue weighted by Crippen LogP contribution is 2.20. The summed E-state index contributed by atoms with van der Waals surface area (Å²) < 4.78 is 1.20. The molecule has 0 fully saturated rings. The van der Waals surface area contributed by atoms with E-state index >= 15 is 0 Å². The van der Waals surface area contributed by atoms with Gasteiger partial charge in [-0.25, -0.2) is 0 Å². The van der Waals surface area contributed by atoms with Gasteiger partial charge >= 0.3 is 0 Å². The molecular formula is C14H18BrN. The summed E-state index contributed by atoms with van der Waals surface area (Å²) in [5.74, 6) is 0. The molecule has 0 heterocycles. The van der Waals surface area contributed by atoms with Crippen molar-refractivity contribution in [1.82, 2.24) is 5.32 Å². The Morgan fingerprint density at radius 1 is 1.25 bits per heavy atom. The van der Waals surface area contributed by atoms with Crippen molar-refractivity contribution in [3.05, 3.63) is 46.0 Å². The predicted octanol–water partition coefficient (Wildman–Crippen LogP) is 4.04. The van der Waals surface area contributed by atoms with Crippen LogP contribution < -0.4 is 5.32 Å². The number of nitrogens with one attached hydrogen (secondary N) is 1. The van der Waals surface area contributed by atoms with E-state index in [-0.39, 0.29) is 0 Å². The number of allylic oxidation sites excluding steroid dienone is 1.